The predicted octanol–water partition coefficient (Wildman–Crippen LogP) is 3.08. The van der Waals surface area contributed by atoms with Gasteiger partial charge in [-0.3, -0.25) is 0 Å². The highest BCUT2D eigenvalue weighted by molar-refractivity contribution is 5.88. The van der Waals surface area contributed by atoms with Gasteiger partial charge in [-0.2, -0.15) is 0 Å². The van der Waals surface area contributed by atoms with Crippen LogP contribution >= 0.6 is 0 Å². The van der Waals surface area contributed by atoms with Gasteiger partial charge in [0, 0.05) is 11.6 Å². The minimum Gasteiger partial charge on any atom is -0.497 e. The van der Waals surface area contributed by atoms with Gasteiger partial charge in [-0.25, -0.2) is 13.9 Å². The molecule has 0 saturated heterocycles. The lowest BCUT2D eigenvalue weighted by atomic mass is 10.2. The van der Waals surface area contributed by atoms with Crippen LogP contribution in [-0.2, 0) is 11.3 Å². The second kappa shape index (κ2) is 7.12. The summed E-state index contributed by atoms with van der Waals surface area (Å²) in [6, 6.07) is 13.3. The van der Waals surface area contributed by atoms with Gasteiger partial charge in [0.15, 0.2) is 5.69 Å². The maximum Gasteiger partial charge on any atom is 0.361 e. The molecule has 0 aliphatic heterocycles. The number of nitrogens with zero attached hydrogens (tertiary/aromatic N) is 3. The van der Waals surface area contributed by atoms with Crippen molar-refractivity contribution in [2.75, 3.05) is 7.11 Å². The lowest BCUT2D eigenvalue weighted by molar-refractivity contribution is 0.0461. The first-order valence-corrected chi connectivity index (χ1v) is 7.57. The summed E-state index contributed by atoms with van der Waals surface area (Å²) in [5.74, 6) is -0.418. The summed E-state index contributed by atoms with van der Waals surface area (Å²) in [6.45, 7) is 1.54. The highest BCUT2D eigenvalue weighted by Crippen LogP contribution is 2.18. The van der Waals surface area contributed by atoms with Crippen molar-refractivity contribution in [3.8, 4) is 11.4 Å². The first-order chi connectivity index (χ1) is 12.1. The molecule has 6 nitrogen and oxygen atoms in total. The summed E-state index contributed by atoms with van der Waals surface area (Å²) in [6.07, 6.45) is 0. The first-order valence-electron chi connectivity index (χ1n) is 7.57. The molecule has 1 aromatic heterocycles. The number of rotatable bonds is 5. The van der Waals surface area contributed by atoms with Crippen LogP contribution in [0.25, 0.3) is 5.69 Å². The van der Waals surface area contributed by atoms with E-state index in [2.05, 4.69) is 10.3 Å². The fourth-order valence-electron chi connectivity index (χ4n) is 2.33. The molecule has 1 heterocycles. The molecule has 2 aromatic carbocycles. The summed E-state index contributed by atoms with van der Waals surface area (Å²) in [7, 11) is 1.57. The Morgan fingerprint density at radius 1 is 1.20 bits per heavy atom. The van der Waals surface area contributed by atoms with E-state index in [1.165, 1.54) is 10.7 Å². The summed E-state index contributed by atoms with van der Waals surface area (Å²) < 4.78 is 25.4. The van der Waals surface area contributed by atoms with Gasteiger partial charge in [0.05, 0.1) is 18.5 Å². The van der Waals surface area contributed by atoms with Crippen LogP contribution in [0.3, 0.4) is 0 Å². The van der Waals surface area contributed by atoms with Crippen LogP contribution in [0.1, 0.15) is 21.7 Å². The fraction of sp³-hybridized carbons (Fsp3) is 0.167. The molecule has 0 aliphatic rings. The number of methoxy groups -OCH3 is 1. The number of esters is 1. The van der Waals surface area contributed by atoms with Crippen LogP contribution < -0.4 is 4.74 Å². The number of ether oxygens (including phenoxy) is 2. The quantitative estimate of drug-likeness (QED) is 0.667. The van der Waals surface area contributed by atoms with E-state index in [-0.39, 0.29) is 12.3 Å². The van der Waals surface area contributed by atoms with Crippen LogP contribution in [0, 0.1) is 12.7 Å². The third-order valence-corrected chi connectivity index (χ3v) is 3.70. The van der Waals surface area contributed by atoms with Crippen LogP contribution in [0.4, 0.5) is 4.39 Å². The number of aromatic nitrogens is 3. The molecular formula is C18H16FN3O3. The standard InChI is InChI=1S/C18H16FN3O3/c1-12-17(18(23)25-11-13-6-3-4-9-16(13)19)20-21-22(12)14-7-5-8-15(10-14)24-2/h3-10H,11H2,1-2H3. The Hall–Kier alpha value is -3.22. The van der Waals surface area contributed by atoms with Crippen molar-refractivity contribution < 1.29 is 18.7 Å². The average Bonchev–Trinajstić information content (AvgIpc) is 3.02. The van der Waals surface area contributed by atoms with Crippen LogP contribution in [-0.4, -0.2) is 28.1 Å². The molecular weight excluding hydrogens is 325 g/mol. The van der Waals surface area contributed by atoms with Gasteiger partial charge in [0.1, 0.15) is 18.2 Å². The topological polar surface area (TPSA) is 66.2 Å². The summed E-state index contributed by atoms with van der Waals surface area (Å²) in [5, 5.41) is 7.88. The summed E-state index contributed by atoms with van der Waals surface area (Å²) in [5.41, 5.74) is 1.61. The largest absolute Gasteiger partial charge is 0.497 e. The second-order valence-corrected chi connectivity index (χ2v) is 5.30. The lowest BCUT2D eigenvalue weighted by Gasteiger charge is -2.06. The third kappa shape index (κ3) is 3.50. The van der Waals surface area contributed by atoms with Crippen molar-refractivity contribution in [1.82, 2.24) is 15.0 Å². The molecule has 128 valence electrons. The summed E-state index contributed by atoms with van der Waals surface area (Å²) in [4.78, 5) is 12.2. The average molecular weight is 341 g/mol. The van der Waals surface area contributed by atoms with E-state index in [0.717, 1.165) is 0 Å². The van der Waals surface area contributed by atoms with Gasteiger partial charge >= 0.3 is 5.97 Å². The van der Waals surface area contributed by atoms with Crippen LogP contribution in [0.5, 0.6) is 5.75 Å². The van der Waals surface area contributed by atoms with Crippen LogP contribution in [0.15, 0.2) is 48.5 Å². The van der Waals surface area contributed by atoms with E-state index in [0.29, 0.717) is 22.7 Å². The molecule has 7 heteroatoms. The van der Waals surface area contributed by atoms with Gasteiger partial charge in [0.25, 0.3) is 0 Å². The van der Waals surface area contributed by atoms with Crippen molar-refractivity contribution in [2.24, 2.45) is 0 Å². The zero-order valence-corrected chi connectivity index (χ0v) is 13.8. The summed E-state index contributed by atoms with van der Waals surface area (Å²) >= 11 is 0. The Labute approximate surface area is 143 Å². The van der Waals surface area contributed by atoms with Crippen molar-refractivity contribution in [3.05, 3.63) is 71.3 Å². The van der Waals surface area contributed by atoms with E-state index in [1.807, 2.05) is 12.1 Å². The Bertz CT molecular complexity index is 908. The molecule has 25 heavy (non-hydrogen) atoms. The maximum absolute atomic E-state index is 13.6. The fourth-order valence-corrected chi connectivity index (χ4v) is 2.33. The molecule has 0 atom stereocenters. The predicted molar refractivity (Wildman–Crippen MR) is 88.2 cm³/mol. The SMILES string of the molecule is COc1cccc(-n2nnc(C(=O)OCc3ccccc3F)c2C)c1. The van der Waals surface area contributed by atoms with E-state index in [9.17, 15) is 9.18 Å². The number of carbonyl (C=O) groups is 1. The van der Waals surface area contributed by atoms with Crippen molar-refractivity contribution in [1.29, 1.82) is 0 Å². The molecule has 0 spiro atoms. The zero-order chi connectivity index (χ0) is 17.8. The monoisotopic (exact) mass is 341 g/mol. The minimum absolute atomic E-state index is 0.0826. The molecule has 0 aliphatic carbocycles. The lowest BCUT2D eigenvalue weighted by Crippen LogP contribution is -2.09. The van der Waals surface area contributed by atoms with E-state index >= 15 is 0 Å². The van der Waals surface area contributed by atoms with Gasteiger partial charge < -0.3 is 9.47 Å². The Morgan fingerprint density at radius 3 is 2.76 bits per heavy atom. The molecule has 0 amide bonds. The number of benzene rings is 2. The normalized spacial score (nSPS) is 10.5. The first kappa shape index (κ1) is 16.6. The highest BCUT2D eigenvalue weighted by atomic mass is 19.1. The van der Waals surface area contributed by atoms with Gasteiger partial charge in [-0.15, -0.1) is 5.10 Å². The smallest absolute Gasteiger partial charge is 0.361 e. The maximum atomic E-state index is 13.6. The number of hydrogen-bond donors (Lipinski definition) is 0. The molecule has 0 saturated carbocycles. The van der Waals surface area contributed by atoms with Gasteiger partial charge in [0.2, 0.25) is 0 Å². The van der Waals surface area contributed by atoms with E-state index in [1.54, 1.807) is 44.4 Å². The van der Waals surface area contributed by atoms with Crippen LogP contribution in [0.2, 0.25) is 0 Å². The number of halogens is 1. The van der Waals surface area contributed by atoms with Crippen molar-refractivity contribution in [3.63, 3.8) is 0 Å². The Kier molecular flexibility index (Phi) is 4.74. The van der Waals surface area contributed by atoms with Gasteiger partial charge in [-0.1, -0.05) is 29.5 Å². The molecule has 3 rings (SSSR count). The third-order valence-electron chi connectivity index (χ3n) is 3.70. The Morgan fingerprint density at radius 2 is 2.00 bits per heavy atom. The molecule has 0 unspecified atom stereocenters. The molecule has 0 bridgehead atoms. The highest BCUT2D eigenvalue weighted by Gasteiger charge is 2.19. The van der Waals surface area contributed by atoms with E-state index in [4.69, 9.17) is 9.47 Å². The minimum atomic E-state index is -0.658. The second-order valence-electron chi connectivity index (χ2n) is 5.30. The molecule has 3 aromatic rings. The number of carbonyl (C=O) groups excluding carboxylic acids is 1. The molecule has 0 fully saturated rings. The molecule has 0 N–H and O–H groups in total. The molecule has 0 radical (unpaired) electrons. The number of hydrogen-bond acceptors (Lipinski definition) is 5. The van der Waals surface area contributed by atoms with Crippen molar-refractivity contribution >= 4 is 5.97 Å². The van der Waals surface area contributed by atoms with Gasteiger partial charge in [-0.05, 0) is 25.1 Å². The van der Waals surface area contributed by atoms with Crippen molar-refractivity contribution in [2.45, 2.75) is 13.5 Å². The Balaban J connectivity index is 1.78. The zero-order valence-electron chi connectivity index (χ0n) is 13.8. The van der Waals surface area contributed by atoms with E-state index < -0.39 is 11.8 Å².